The molecule has 12 aliphatic rings. The first-order chi connectivity index (χ1) is 55.6. The van der Waals surface area contributed by atoms with Crippen molar-refractivity contribution in [3.05, 3.63) is 0 Å². The number of hydrogen-bond acceptors (Lipinski definition) is 32. The van der Waals surface area contributed by atoms with Crippen LogP contribution in [0.5, 0.6) is 0 Å². The number of fused-ring (bicyclic) bond motifs is 84. The average molecular weight is 3880 g/mol. The first kappa shape index (κ1) is 204. The van der Waals surface area contributed by atoms with Gasteiger partial charge in [-0.15, -0.1) is 0 Å². The van der Waals surface area contributed by atoms with E-state index in [1.54, 1.807) is 0 Å². The molecule has 135 heavy (non-hydrogen) atoms. The summed E-state index contributed by atoms with van der Waals surface area (Å²) in [5.74, 6) is 0. The van der Waals surface area contributed by atoms with E-state index in [9.17, 15) is 0 Å². The van der Waals surface area contributed by atoms with Crippen LogP contribution in [0.3, 0.4) is 0 Å². The molecule has 0 aromatic heterocycles. The van der Waals surface area contributed by atoms with Crippen molar-refractivity contribution in [1.29, 1.82) is 0 Å². The molecule has 12 heterocycles. The number of rotatable bonds is 2. The van der Waals surface area contributed by atoms with E-state index in [-0.39, 0.29) is 639 Å². The Morgan fingerprint density at radius 2 is 0.207 bits per heavy atom. The van der Waals surface area contributed by atoms with E-state index in [1.807, 2.05) is 0 Å². The first-order valence-corrected chi connectivity index (χ1v) is 42.5. The van der Waals surface area contributed by atoms with Crippen molar-refractivity contribution in [2.75, 3.05) is 500 Å². The van der Waals surface area contributed by atoms with Crippen molar-refractivity contribution in [2.45, 2.75) is 0 Å². The van der Waals surface area contributed by atoms with Crippen molar-refractivity contribution in [1.82, 2.24) is 19.6 Å². The molecule has 0 aromatic rings. The molecule has 59 heteroatoms. The van der Waals surface area contributed by atoms with Gasteiger partial charge in [-0.2, -0.15) is 0 Å². The molecule has 36 nitrogen and oxygen atoms in total. The summed E-state index contributed by atoms with van der Waals surface area (Å²) in [5.41, 5.74) is 19.6. The summed E-state index contributed by atoms with van der Waals surface area (Å²) in [7, 11) is 0. The van der Waals surface area contributed by atoms with Gasteiger partial charge >= 0.3 is 154 Å². The van der Waals surface area contributed by atoms with Crippen LogP contribution in [0.4, 0.5) is 0 Å². The summed E-state index contributed by atoms with van der Waals surface area (Å²) < 4.78 is 137. The number of hydrogen-bond donors (Lipinski definition) is 8. The maximum Gasteiger partial charge on any atom is 1.00 e. The summed E-state index contributed by atoms with van der Waals surface area (Å²) in [4.78, 5) is 15.0. The van der Waals surface area contributed by atoms with Crippen LogP contribution in [0.1, 0.15) is 0 Å². The molecule has 0 amide bonds. The zero-order valence-corrected chi connectivity index (χ0v) is 145. The second kappa shape index (κ2) is 173. The van der Waals surface area contributed by atoms with Gasteiger partial charge in [0.15, 0.2) is 0 Å². The normalized spacial score (nSPS) is 23.9. The van der Waals surface area contributed by atoms with Gasteiger partial charge in [0.25, 0.3) is 0 Å². The van der Waals surface area contributed by atoms with Gasteiger partial charge in [0.2, 0.25) is 0 Å². The second-order valence-corrected chi connectivity index (χ2v) is 27.2. The van der Waals surface area contributed by atoms with E-state index < -0.39 is 0 Å². The third-order valence-corrected chi connectivity index (χ3v) is 18.6. The molecule has 0 spiro atoms. The predicted octanol–water partition coefficient (Wildman–Crippen LogP) is -24.8. The molecule has 12 aliphatic heterocycles. The van der Waals surface area contributed by atoms with E-state index in [4.69, 9.17) is 137 Å². The minimum atomic E-state index is 0. The molecule has 0 saturated carbocycles. The molecular weight excluding hydrogens is 3710 g/mol. The Bertz CT molecular complexity index is 1420. The van der Waals surface area contributed by atoms with Crippen molar-refractivity contribution in [2.24, 2.45) is 22.9 Å². The molecular formula is C76H164GeK4N12Ni2O24Sn16+7. The van der Waals surface area contributed by atoms with Crippen LogP contribution >= 0.6 is 0 Å². The fourth-order valence-electron chi connectivity index (χ4n) is 11.6. The minimum Gasteiger partial charge on any atom is -0.378 e. The third-order valence-electron chi connectivity index (χ3n) is 18.6. The van der Waals surface area contributed by atoms with Gasteiger partial charge in [-0.1, -0.05) is 0 Å². The van der Waals surface area contributed by atoms with Gasteiger partial charge in [0.05, 0.1) is 317 Å². The molecule has 12 N–H and O–H groups in total. The quantitative estimate of drug-likeness (QED) is 0.119. The average Bonchev–Trinajstić information content (AvgIpc) is 0.995. The van der Waals surface area contributed by atoms with Crippen LogP contribution in [0.25, 0.3) is 0 Å². The van der Waals surface area contributed by atoms with Crippen LogP contribution < -0.4 is 197 Å². The van der Waals surface area contributed by atoms with E-state index in [1.165, 1.54) is 19.6 Å². The number of nitrogens with two attached hydrogens (primary N) is 4. The van der Waals surface area contributed by atoms with Crippen LogP contribution in [0.15, 0.2) is 0 Å². The largest absolute Gasteiger partial charge is 1.00 e. The Labute approximate surface area is 1290 Å². The number of nitrogens with one attached hydrogen (secondary N) is 4. The minimum absolute atomic E-state index is 0. The zero-order valence-electron chi connectivity index (χ0n) is 82.8. The summed E-state index contributed by atoms with van der Waals surface area (Å²) in [6.07, 6.45) is 0. The standard InChI is InChI=1S/4C18H36N2O6.2C2H8N2.Ge.4K.2Ni.16Sn/c4*1-7-21-13-14-24-10-4-20-5-11-25-17-15-22-8-2-19(1)3-9-23-16-18-26-12-6-20;2*3-1-2-4;;;;;;;;;;;;;;;;;;;;;;;/h4*1-18H2;2*1-4H2;;;;;;;;;;;;;;;;;;;;;;;/q;;;;;;;;3*+1;;;;;;;;;;;;;;;;;;/p+4. The van der Waals surface area contributed by atoms with Gasteiger partial charge in [-0.25, -0.2) is 0 Å². The Balaban J connectivity index is -0.0000000622. The molecule has 12 rings (SSSR count). The summed E-state index contributed by atoms with van der Waals surface area (Å²) in [5, 5.41) is 0. The van der Waals surface area contributed by atoms with E-state index >= 15 is 0 Å². The van der Waals surface area contributed by atoms with Crippen molar-refractivity contribution in [3.8, 4) is 0 Å². The Kier molecular flexibility index (Phi) is 262. The smallest absolute Gasteiger partial charge is 0.378 e. The van der Waals surface area contributed by atoms with E-state index in [0.717, 1.165) is 236 Å². The molecule has 757 valence electrons. The van der Waals surface area contributed by atoms with Gasteiger partial charge in [-0.3, -0.25) is 19.6 Å². The fraction of sp³-hybridized carbons (Fsp3) is 1.00. The van der Waals surface area contributed by atoms with E-state index in [2.05, 4.69) is 19.6 Å². The summed E-state index contributed by atoms with van der Waals surface area (Å²) in [6.45, 7) is 56.9. The number of nitrogens with zero attached hydrogens (tertiary/aromatic N) is 4. The Morgan fingerprint density at radius 1 is 0.141 bits per heavy atom. The topological polar surface area (TPSA) is 356 Å². The molecule has 0 aromatic carbocycles. The maximum atomic E-state index is 5.73. The van der Waals surface area contributed by atoms with Crippen molar-refractivity contribution >= 4 is 452 Å². The molecule has 0 unspecified atom stereocenters. The van der Waals surface area contributed by atoms with Gasteiger partial charge in [0.1, 0.15) is 78.5 Å². The van der Waals surface area contributed by atoms with Crippen LogP contribution in [-0.4, -0.2) is 971 Å². The van der Waals surface area contributed by atoms with Crippen LogP contribution in [0.2, 0.25) is 0 Å². The summed E-state index contributed by atoms with van der Waals surface area (Å²) in [6, 6.07) is 0. The Hall–Kier alpha value is 19.4. The fourth-order valence-corrected chi connectivity index (χ4v) is 11.6. The third kappa shape index (κ3) is 149. The molecule has 69 radical (unpaired) electrons. The summed E-state index contributed by atoms with van der Waals surface area (Å²) >= 11 is 0. The van der Waals surface area contributed by atoms with Crippen LogP contribution in [0, 0.1) is 0 Å². The van der Waals surface area contributed by atoms with Gasteiger partial charge < -0.3 is 156 Å². The first-order valence-electron chi connectivity index (χ1n) is 42.5. The SMILES string of the molecule is C1COCCN2CCOCCOCCN(CCO1)CCOCCOCC2.C1COCCN2CCOCCOCCN(CCO1)CCOCCOCC2.C1COCC[NH+]2CCOCCOCC[NH+](CCO1)CCOCCOCC2.C1COCC[NH+]2CCOCCOCC[NH+](CCO1)CCOCCOCC2.NCCN.NCCN.[Ge].[K+].[K+].[K+].[K].[Ni].[Ni].[Sn].[Sn].[Sn].[Sn].[Sn].[Sn].[Sn].[Sn].[Sn].[Sn].[Sn].[Sn].[Sn].[Sn].[Sn].[Sn]. The van der Waals surface area contributed by atoms with Crippen LogP contribution in [-0.2, 0) is 147 Å². The molecule has 0 aliphatic carbocycles. The Morgan fingerprint density at radius 3 is 0.274 bits per heavy atom. The predicted molar refractivity (Wildman–Crippen MR) is 527 cm³/mol. The van der Waals surface area contributed by atoms with Gasteiger partial charge in [0, 0.05) is 589 Å². The van der Waals surface area contributed by atoms with E-state index in [0.29, 0.717) is 264 Å². The molecule has 0 atom stereocenters. The molecule has 12 saturated heterocycles. The molecule has 12 fully saturated rings. The zero-order chi connectivity index (χ0) is 79.3. The molecule has 8 bridgehead atoms. The van der Waals surface area contributed by atoms with Gasteiger partial charge in [-0.05, 0) is 0 Å². The second-order valence-electron chi connectivity index (χ2n) is 27.2. The number of quaternary nitrogens is 4. The number of ether oxygens (including phenoxy) is 24. The monoisotopic (exact) mass is 3890 g/mol. The maximum absolute atomic E-state index is 5.73. The van der Waals surface area contributed by atoms with Crippen molar-refractivity contribution < 1.29 is 320 Å². The van der Waals surface area contributed by atoms with Crippen molar-refractivity contribution in [3.63, 3.8) is 0 Å².